The van der Waals surface area contributed by atoms with E-state index in [1.807, 2.05) is 13.8 Å². The van der Waals surface area contributed by atoms with E-state index in [4.69, 9.17) is 9.26 Å². The molecule has 2 aliphatic carbocycles. The number of hydrogen-bond donors (Lipinski definition) is 1. The fourth-order valence-corrected chi connectivity index (χ4v) is 4.63. The van der Waals surface area contributed by atoms with Gasteiger partial charge in [0, 0.05) is 30.0 Å². The van der Waals surface area contributed by atoms with E-state index < -0.39 is 0 Å². The first-order valence-corrected chi connectivity index (χ1v) is 9.39. The van der Waals surface area contributed by atoms with Gasteiger partial charge in [0.15, 0.2) is 0 Å². The maximum absolute atomic E-state index is 12.5. The van der Waals surface area contributed by atoms with Gasteiger partial charge in [-0.1, -0.05) is 24.4 Å². The fraction of sp³-hybridized carbons (Fsp3) is 0.789. The maximum atomic E-state index is 12.5. The molecule has 0 saturated heterocycles. The van der Waals surface area contributed by atoms with Crippen LogP contribution in [0.5, 0.6) is 0 Å². The Bertz CT molecular complexity index is 556. The molecule has 0 aromatic carbocycles. The molecule has 2 atom stereocenters. The lowest BCUT2D eigenvalue weighted by Crippen LogP contribution is -2.65. The van der Waals surface area contributed by atoms with Gasteiger partial charge in [-0.05, 0) is 46.5 Å². The van der Waals surface area contributed by atoms with Gasteiger partial charge in [-0.25, -0.2) is 0 Å². The summed E-state index contributed by atoms with van der Waals surface area (Å²) in [6.45, 7) is 6.66. The van der Waals surface area contributed by atoms with Gasteiger partial charge in [-0.2, -0.15) is 0 Å². The van der Waals surface area contributed by atoms with Crippen LogP contribution in [0, 0.1) is 19.3 Å². The molecule has 134 valence electrons. The zero-order chi connectivity index (χ0) is 17.2. The number of aromatic nitrogens is 1. The number of ether oxygens (including phenoxy) is 1. The summed E-state index contributed by atoms with van der Waals surface area (Å²) in [5.74, 6) is 0.962. The van der Waals surface area contributed by atoms with E-state index in [-0.39, 0.29) is 17.4 Å². The van der Waals surface area contributed by atoms with Gasteiger partial charge >= 0.3 is 0 Å². The second kappa shape index (κ2) is 7.26. The minimum atomic E-state index is 0.139. The third-order valence-corrected chi connectivity index (χ3v) is 6.06. The molecule has 1 aromatic heterocycles. The summed E-state index contributed by atoms with van der Waals surface area (Å²) in [6.07, 6.45) is 8.69. The Labute approximate surface area is 144 Å². The predicted molar refractivity (Wildman–Crippen MR) is 91.8 cm³/mol. The summed E-state index contributed by atoms with van der Waals surface area (Å²) >= 11 is 0. The zero-order valence-electron chi connectivity index (χ0n) is 15.2. The molecule has 24 heavy (non-hydrogen) atoms. The topological polar surface area (TPSA) is 64.4 Å². The van der Waals surface area contributed by atoms with Crippen molar-refractivity contribution >= 4 is 5.91 Å². The molecule has 5 nitrogen and oxygen atoms in total. The van der Waals surface area contributed by atoms with E-state index in [1.165, 1.54) is 32.1 Å². The van der Waals surface area contributed by atoms with Gasteiger partial charge in [0.1, 0.15) is 5.76 Å². The zero-order valence-corrected chi connectivity index (χ0v) is 15.2. The molecule has 2 saturated carbocycles. The van der Waals surface area contributed by atoms with Crippen molar-refractivity contribution in [1.29, 1.82) is 0 Å². The molecular formula is C19H30N2O3. The van der Waals surface area contributed by atoms with Crippen LogP contribution in [0.3, 0.4) is 0 Å². The lowest BCUT2D eigenvalue weighted by Gasteiger charge is -2.57. The Morgan fingerprint density at radius 3 is 2.71 bits per heavy atom. The SMILES string of the molecule is CCO[C@H]1C[C@H](NC(=O)CCc2c(C)noc2C)C12CCCCC2. The Balaban J connectivity index is 1.56. The van der Waals surface area contributed by atoms with E-state index >= 15 is 0 Å². The van der Waals surface area contributed by atoms with Crippen molar-refractivity contribution in [2.24, 2.45) is 5.41 Å². The first-order valence-electron chi connectivity index (χ1n) is 9.39. The second-order valence-electron chi connectivity index (χ2n) is 7.40. The first kappa shape index (κ1) is 17.5. The van der Waals surface area contributed by atoms with Crippen LogP contribution in [0.4, 0.5) is 0 Å². The Hall–Kier alpha value is -1.36. The van der Waals surface area contributed by atoms with Crippen molar-refractivity contribution in [3.8, 4) is 0 Å². The molecule has 0 bridgehead atoms. The monoisotopic (exact) mass is 334 g/mol. The minimum absolute atomic E-state index is 0.139. The highest BCUT2D eigenvalue weighted by Gasteiger charge is 2.55. The Morgan fingerprint density at radius 2 is 2.08 bits per heavy atom. The van der Waals surface area contributed by atoms with E-state index in [0.29, 0.717) is 18.9 Å². The van der Waals surface area contributed by atoms with Crippen molar-refractivity contribution in [2.45, 2.75) is 84.3 Å². The molecule has 0 radical (unpaired) electrons. The highest BCUT2D eigenvalue weighted by Crippen LogP contribution is 2.53. The van der Waals surface area contributed by atoms with Crippen LogP contribution < -0.4 is 5.32 Å². The summed E-state index contributed by atoms with van der Waals surface area (Å²) in [7, 11) is 0. The number of aryl methyl sites for hydroxylation is 2. The molecule has 3 rings (SSSR count). The molecule has 1 amide bonds. The molecule has 1 aromatic rings. The summed E-state index contributed by atoms with van der Waals surface area (Å²) in [4.78, 5) is 12.5. The molecular weight excluding hydrogens is 304 g/mol. The number of nitrogens with zero attached hydrogens (tertiary/aromatic N) is 1. The third kappa shape index (κ3) is 3.23. The first-order chi connectivity index (χ1) is 11.6. The highest BCUT2D eigenvalue weighted by molar-refractivity contribution is 5.77. The van der Waals surface area contributed by atoms with Crippen molar-refractivity contribution in [1.82, 2.24) is 10.5 Å². The van der Waals surface area contributed by atoms with E-state index in [9.17, 15) is 4.79 Å². The minimum Gasteiger partial charge on any atom is -0.378 e. The van der Waals surface area contributed by atoms with Crippen molar-refractivity contribution in [2.75, 3.05) is 6.61 Å². The lowest BCUT2D eigenvalue weighted by atomic mass is 9.55. The molecule has 1 spiro atoms. The summed E-state index contributed by atoms with van der Waals surface area (Å²) < 4.78 is 11.1. The van der Waals surface area contributed by atoms with Crippen LogP contribution in [0.1, 0.15) is 68.9 Å². The molecule has 0 unspecified atom stereocenters. The number of hydrogen-bond acceptors (Lipinski definition) is 4. The fourth-order valence-electron chi connectivity index (χ4n) is 4.63. The predicted octanol–water partition coefficient (Wildman–Crippen LogP) is 3.47. The van der Waals surface area contributed by atoms with Crippen molar-refractivity contribution in [3.63, 3.8) is 0 Å². The van der Waals surface area contributed by atoms with Crippen LogP contribution in [-0.4, -0.2) is 29.8 Å². The normalized spacial score (nSPS) is 25.5. The molecule has 2 aliphatic rings. The quantitative estimate of drug-likeness (QED) is 0.865. The smallest absolute Gasteiger partial charge is 0.220 e. The molecule has 1 heterocycles. The largest absolute Gasteiger partial charge is 0.378 e. The number of carbonyl (C=O) groups excluding carboxylic acids is 1. The molecule has 1 N–H and O–H groups in total. The van der Waals surface area contributed by atoms with E-state index in [2.05, 4.69) is 17.4 Å². The Kier molecular flexibility index (Phi) is 5.28. The van der Waals surface area contributed by atoms with Crippen LogP contribution >= 0.6 is 0 Å². The van der Waals surface area contributed by atoms with E-state index in [0.717, 1.165) is 30.0 Å². The van der Waals surface area contributed by atoms with Crippen LogP contribution in [0.2, 0.25) is 0 Å². The molecule has 5 heteroatoms. The summed E-state index contributed by atoms with van der Waals surface area (Å²) in [5.41, 5.74) is 2.15. The van der Waals surface area contributed by atoms with Gasteiger partial charge < -0.3 is 14.6 Å². The van der Waals surface area contributed by atoms with E-state index in [1.54, 1.807) is 0 Å². The van der Waals surface area contributed by atoms with Gasteiger partial charge in [0.25, 0.3) is 0 Å². The van der Waals surface area contributed by atoms with Crippen LogP contribution in [-0.2, 0) is 16.0 Å². The van der Waals surface area contributed by atoms with Crippen LogP contribution in [0.15, 0.2) is 4.52 Å². The highest BCUT2D eigenvalue weighted by atomic mass is 16.5. The lowest BCUT2D eigenvalue weighted by molar-refractivity contribution is -0.157. The summed E-state index contributed by atoms with van der Waals surface area (Å²) in [5, 5.41) is 7.25. The number of nitrogens with one attached hydrogen (secondary N) is 1. The Morgan fingerprint density at radius 1 is 1.33 bits per heavy atom. The summed E-state index contributed by atoms with van der Waals surface area (Å²) in [6, 6.07) is 0.284. The average Bonchev–Trinajstić information content (AvgIpc) is 2.91. The van der Waals surface area contributed by atoms with Gasteiger partial charge in [0.2, 0.25) is 5.91 Å². The number of rotatable bonds is 6. The standard InChI is InChI=1S/C19H30N2O3/c1-4-23-17-12-16(19(17)10-6-5-7-11-19)20-18(22)9-8-15-13(2)21-24-14(15)3/h16-17H,4-12H2,1-3H3,(H,20,22)/t16-,17-/m0/s1. The van der Waals surface area contributed by atoms with Crippen molar-refractivity contribution in [3.05, 3.63) is 17.0 Å². The second-order valence-corrected chi connectivity index (χ2v) is 7.40. The van der Waals surface area contributed by atoms with Gasteiger partial charge in [-0.3, -0.25) is 4.79 Å². The average molecular weight is 334 g/mol. The molecule has 2 fully saturated rings. The molecule has 0 aliphatic heterocycles. The van der Waals surface area contributed by atoms with Gasteiger partial charge in [0.05, 0.1) is 11.8 Å². The number of carbonyl (C=O) groups is 1. The van der Waals surface area contributed by atoms with Gasteiger partial charge in [-0.15, -0.1) is 0 Å². The van der Waals surface area contributed by atoms with Crippen molar-refractivity contribution < 1.29 is 14.1 Å². The maximum Gasteiger partial charge on any atom is 0.220 e. The third-order valence-electron chi connectivity index (χ3n) is 6.06. The number of amides is 1. The van der Waals surface area contributed by atoms with Crippen LogP contribution in [0.25, 0.3) is 0 Å².